The summed E-state index contributed by atoms with van der Waals surface area (Å²) in [6.45, 7) is 5.07. The first-order valence-corrected chi connectivity index (χ1v) is 7.26. The number of nitrogens with one attached hydrogen (secondary N) is 2. The Hall–Kier alpha value is -2.29. The van der Waals surface area contributed by atoms with Crippen molar-refractivity contribution in [2.24, 2.45) is 0 Å². The zero-order valence-corrected chi connectivity index (χ0v) is 12.6. The van der Waals surface area contributed by atoms with Crippen LogP contribution in [0.3, 0.4) is 0 Å². The van der Waals surface area contributed by atoms with Gasteiger partial charge in [-0.15, -0.1) is 0 Å². The molecule has 0 unspecified atom stereocenters. The molecule has 2 rings (SSSR count). The highest BCUT2D eigenvalue weighted by Crippen LogP contribution is 2.13. The maximum atomic E-state index is 11.8. The summed E-state index contributed by atoms with van der Waals surface area (Å²) in [6.07, 6.45) is 0.857. The van der Waals surface area contributed by atoms with Gasteiger partial charge >= 0.3 is 0 Å². The standard InChI is InChI=1S/C18H22N2O/c1-14-10-15(2)12-17(11-14)20-13-18(21)19-9-8-16-6-4-3-5-7-16/h3-7,10-12,20H,8-9,13H2,1-2H3,(H,19,21). The minimum atomic E-state index is 0.0186. The number of hydrogen-bond acceptors (Lipinski definition) is 2. The second kappa shape index (κ2) is 7.48. The number of aryl methyl sites for hydroxylation is 2. The summed E-state index contributed by atoms with van der Waals surface area (Å²) in [4.78, 5) is 11.8. The molecular weight excluding hydrogens is 260 g/mol. The maximum Gasteiger partial charge on any atom is 0.239 e. The van der Waals surface area contributed by atoms with Gasteiger partial charge in [-0.3, -0.25) is 4.79 Å². The maximum absolute atomic E-state index is 11.8. The number of benzene rings is 2. The Bertz CT molecular complexity index is 573. The summed E-state index contributed by atoms with van der Waals surface area (Å²) in [6, 6.07) is 16.4. The lowest BCUT2D eigenvalue weighted by Gasteiger charge is -2.09. The molecule has 2 aromatic rings. The Morgan fingerprint density at radius 1 is 1.00 bits per heavy atom. The normalized spacial score (nSPS) is 10.2. The first kappa shape index (κ1) is 15.1. The zero-order chi connectivity index (χ0) is 15.1. The van der Waals surface area contributed by atoms with Gasteiger partial charge in [0.25, 0.3) is 0 Å². The van der Waals surface area contributed by atoms with Crippen molar-refractivity contribution in [3.63, 3.8) is 0 Å². The van der Waals surface area contributed by atoms with E-state index < -0.39 is 0 Å². The van der Waals surface area contributed by atoms with Crippen molar-refractivity contribution in [1.82, 2.24) is 5.32 Å². The third kappa shape index (κ3) is 5.30. The predicted octanol–water partition coefficient (Wildman–Crippen LogP) is 3.07. The smallest absolute Gasteiger partial charge is 0.239 e. The van der Waals surface area contributed by atoms with Crippen molar-refractivity contribution in [3.8, 4) is 0 Å². The number of anilines is 1. The average Bonchev–Trinajstić information content (AvgIpc) is 2.45. The van der Waals surface area contributed by atoms with Gasteiger partial charge < -0.3 is 10.6 Å². The van der Waals surface area contributed by atoms with Gasteiger partial charge in [-0.2, -0.15) is 0 Å². The molecule has 2 N–H and O–H groups in total. The SMILES string of the molecule is Cc1cc(C)cc(NCC(=O)NCCc2ccccc2)c1. The van der Waals surface area contributed by atoms with Gasteiger partial charge in [0, 0.05) is 12.2 Å². The predicted molar refractivity (Wildman–Crippen MR) is 87.6 cm³/mol. The number of carbonyl (C=O) groups is 1. The Kier molecular flexibility index (Phi) is 5.38. The van der Waals surface area contributed by atoms with Crippen LogP contribution in [0, 0.1) is 13.8 Å². The first-order chi connectivity index (χ1) is 10.1. The van der Waals surface area contributed by atoms with Crippen molar-refractivity contribution in [2.75, 3.05) is 18.4 Å². The van der Waals surface area contributed by atoms with Crippen LogP contribution in [0.25, 0.3) is 0 Å². The van der Waals surface area contributed by atoms with Crippen molar-refractivity contribution < 1.29 is 4.79 Å². The molecule has 0 fully saturated rings. The van der Waals surface area contributed by atoms with Crippen molar-refractivity contribution in [1.29, 1.82) is 0 Å². The van der Waals surface area contributed by atoms with E-state index in [1.54, 1.807) is 0 Å². The molecule has 0 aliphatic carbocycles. The molecule has 0 aliphatic rings. The number of rotatable bonds is 6. The lowest BCUT2D eigenvalue weighted by atomic mass is 10.1. The summed E-state index contributed by atoms with van der Waals surface area (Å²) in [5, 5.41) is 6.09. The van der Waals surface area contributed by atoms with E-state index in [1.165, 1.54) is 16.7 Å². The summed E-state index contributed by atoms with van der Waals surface area (Å²) in [5.41, 5.74) is 4.62. The van der Waals surface area contributed by atoms with Gasteiger partial charge in [-0.05, 0) is 49.1 Å². The Morgan fingerprint density at radius 3 is 2.33 bits per heavy atom. The van der Waals surface area contributed by atoms with Crippen LogP contribution in [0.5, 0.6) is 0 Å². The third-order valence-corrected chi connectivity index (χ3v) is 3.25. The van der Waals surface area contributed by atoms with Crippen LogP contribution >= 0.6 is 0 Å². The van der Waals surface area contributed by atoms with Crippen LogP contribution in [0.4, 0.5) is 5.69 Å². The molecular formula is C18H22N2O. The van der Waals surface area contributed by atoms with Crippen LogP contribution in [0.1, 0.15) is 16.7 Å². The van der Waals surface area contributed by atoms with Crippen LogP contribution in [-0.2, 0) is 11.2 Å². The lowest BCUT2D eigenvalue weighted by molar-refractivity contribution is -0.119. The molecule has 1 amide bonds. The van der Waals surface area contributed by atoms with Crippen molar-refractivity contribution >= 4 is 11.6 Å². The van der Waals surface area contributed by atoms with Gasteiger partial charge in [-0.1, -0.05) is 36.4 Å². The number of carbonyl (C=O) groups excluding carboxylic acids is 1. The largest absolute Gasteiger partial charge is 0.376 e. The molecule has 0 spiro atoms. The van der Waals surface area contributed by atoms with E-state index in [9.17, 15) is 4.79 Å². The molecule has 0 heterocycles. The number of amides is 1. The van der Waals surface area contributed by atoms with E-state index in [2.05, 4.69) is 42.7 Å². The Morgan fingerprint density at radius 2 is 1.67 bits per heavy atom. The molecule has 0 radical (unpaired) electrons. The molecule has 0 saturated carbocycles. The average molecular weight is 282 g/mol. The molecule has 0 bridgehead atoms. The van der Waals surface area contributed by atoms with Crippen LogP contribution < -0.4 is 10.6 Å². The fraction of sp³-hybridized carbons (Fsp3) is 0.278. The molecule has 3 heteroatoms. The van der Waals surface area contributed by atoms with E-state index in [4.69, 9.17) is 0 Å². The molecule has 0 aromatic heterocycles. The van der Waals surface area contributed by atoms with E-state index in [0.717, 1.165) is 12.1 Å². The highest BCUT2D eigenvalue weighted by molar-refractivity contribution is 5.80. The van der Waals surface area contributed by atoms with Gasteiger partial charge in [0.2, 0.25) is 5.91 Å². The minimum Gasteiger partial charge on any atom is -0.376 e. The molecule has 0 aliphatic heterocycles. The second-order valence-electron chi connectivity index (χ2n) is 5.32. The summed E-state index contributed by atoms with van der Waals surface area (Å²) >= 11 is 0. The van der Waals surface area contributed by atoms with E-state index in [1.807, 2.05) is 30.3 Å². The molecule has 21 heavy (non-hydrogen) atoms. The fourth-order valence-electron chi connectivity index (χ4n) is 2.31. The van der Waals surface area contributed by atoms with E-state index in [0.29, 0.717) is 13.1 Å². The van der Waals surface area contributed by atoms with Gasteiger partial charge in [0.15, 0.2) is 0 Å². The highest BCUT2D eigenvalue weighted by atomic mass is 16.1. The number of hydrogen-bond donors (Lipinski definition) is 2. The topological polar surface area (TPSA) is 41.1 Å². The minimum absolute atomic E-state index is 0.0186. The third-order valence-electron chi connectivity index (χ3n) is 3.25. The zero-order valence-electron chi connectivity index (χ0n) is 12.6. The molecule has 0 saturated heterocycles. The molecule has 3 nitrogen and oxygen atoms in total. The van der Waals surface area contributed by atoms with E-state index in [-0.39, 0.29) is 5.91 Å². The summed E-state index contributed by atoms with van der Waals surface area (Å²) in [7, 11) is 0. The highest BCUT2D eigenvalue weighted by Gasteiger charge is 2.01. The van der Waals surface area contributed by atoms with Crippen molar-refractivity contribution in [2.45, 2.75) is 20.3 Å². The van der Waals surface area contributed by atoms with Gasteiger partial charge in [0.05, 0.1) is 6.54 Å². The van der Waals surface area contributed by atoms with Crippen LogP contribution in [-0.4, -0.2) is 19.0 Å². The van der Waals surface area contributed by atoms with Crippen molar-refractivity contribution in [3.05, 3.63) is 65.2 Å². The quantitative estimate of drug-likeness (QED) is 0.855. The van der Waals surface area contributed by atoms with Crippen LogP contribution in [0.15, 0.2) is 48.5 Å². The Balaban J connectivity index is 1.72. The Labute approximate surface area is 126 Å². The van der Waals surface area contributed by atoms with Crippen LogP contribution in [0.2, 0.25) is 0 Å². The van der Waals surface area contributed by atoms with Gasteiger partial charge in [-0.25, -0.2) is 0 Å². The monoisotopic (exact) mass is 282 g/mol. The van der Waals surface area contributed by atoms with E-state index >= 15 is 0 Å². The summed E-state index contributed by atoms with van der Waals surface area (Å²) < 4.78 is 0. The summed E-state index contributed by atoms with van der Waals surface area (Å²) in [5.74, 6) is 0.0186. The second-order valence-corrected chi connectivity index (χ2v) is 5.32. The van der Waals surface area contributed by atoms with Gasteiger partial charge in [0.1, 0.15) is 0 Å². The molecule has 0 atom stereocenters. The lowest BCUT2D eigenvalue weighted by Crippen LogP contribution is -2.31. The first-order valence-electron chi connectivity index (χ1n) is 7.26. The fourth-order valence-corrected chi connectivity index (χ4v) is 2.31. The molecule has 2 aromatic carbocycles. The molecule has 110 valence electrons.